The van der Waals surface area contributed by atoms with Crippen LogP contribution < -0.4 is 20.7 Å². The van der Waals surface area contributed by atoms with Crippen LogP contribution in [-0.2, 0) is 0 Å². The Morgan fingerprint density at radius 2 is 1.61 bits per heavy atom. The second kappa shape index (κ2) is 6.61. The highest BCUT2D eigenvalue weighted by atomic mass is 16.5. The Morgan fingerprint density at radius 1 is 1.06 bits per heavy atom. The fraction of sp³-hybridized carbons (Fsp3) is 0.333. The van der Waals surface area contributed by atoms with E-state index in [1.165, 1.54) is 0 Å². The zero-order valence-electron chi connectivity index (χ0n) is 11.0. The number of fused-ring (bicyclic) bond motifs is 1. The minimum atomic E-state index is 0.500. The molecular weight excluding hydrogens is 232 g/mol. The number of aromatic nitrogens is 2. The van der Waals surface area contributed by atoms with Crippen LogP contribution in [-0.4, -0.2) is 24.2 Å². The van der Waals surface area contributed by atoms with Crippen LogP contribution in [0.4, 0.5) is 5.82 Å². The Bertz CT molecular complexity index is 517. The SMILES string of the molecule is CC.COc1cc2ncc(NN)nc2cc1OC. The van der Waals surface area contributed by atoms with E-state index in [1.807, 2.05) is 13.8 Å². The topological polar surface area (TPSA) is 82.3 Å². The smallest absolute Gasteiger partial charge is 0.163 e. The van der Waals surface area contributed by atoms with Gasteiger partial charge in [0, 0.05) is 12.1 Å². The van der Waals surface area contributed by atoms with Crippen LogP contribution in [0.25, 0.3) is 11.0 Å². The van der Waals surface area contributed by atoms with Crippen LogP contribution in [0.1, 0.15) is 13.8 Å². The molecule has 98 valence electrons. The maximum atomic E-state index is 5.26. The monoisotopic (exact) mass is 250 g/mol. The molecule has 0 radical (unpaired) electrons. The molecule has 18 heavy (non-hydrogen) atoms. The first kappa shape index (κ1) is 14.0. The average Bonchev–Trinajstić information content (AvgIpc) is 2.47. The molecule has 0 saturated heterocycles. The molecule has 0 unspecified atom stereocenters. The van der Waals surface area contributed by atoms with E-state index in [0.717, 1.165) is 5.52 Å². The minimum absolute atomic E-state index is 0.500. The van der Waals surface area contributed by atoms with Gasteiger partial charge in [-0.15, -0.1) is 0 Å². The Balaban J connectivity index is 0.000000771. The van der Waals surface area contributed by atoms with Gasteiger partial charge in [-0.3, -0.25) is 4.98 Å². The number of nitrogens with zero attached hydrogens (tertiary/aromatic N) is 2. The lowest BCUT2D eigenvalue weighted by atomic mass is 10.2. The number of anilines is 1. The Morgan fingerprint density at radius 3 is 2.11 bits per heavy atom. The first-order valence-corrected chi connectivity index (χ1v) is 5.64. The summed E-state index contributed by atoms with van der Waals surface area (Å²) < 4.78 is 10.3. The van der Waals surface area contributed by atoms with Crippen molar-refractivity contribution in [3.63, 3.8) is 0 Å². The van der Waals surface area contributed by atoms with Crippen LogP contribution >= 0.6 is 0 Å². The quantitative estimate of drug-likeness (QED) is 0.640. The summed E-state index contributed by atoms with van der Waals surface area (Å²) in [5, 5.41) is 0. The Kier molecular flexibility index (Phi) is 5.13. The number of nitrogen functional groups attached to an aromatic ring is 1. The third kappa shape index (κ3) is 2.78. The van der Waals surface area contributed by atoms with Crippen molar-refractivity contribution >= 4 is 16.9 Å². The molecule has 0 saturated carbocycles. The number of ether oxygens (including phenoxy) is 2. The second-order valence-electron chi connectivity index (χ2n) is 3.10. The lowest BCUT2D eigenvalue weighted by molar-refractivity contribution is 0.355. The van der Waals surface area contributed by atoms with E-state index in [0.29, 0.717) is 22.8 Å². The summed E-state index contributed by atoms with van der Waals surface area (Å²) in [6.45, 7) is 4.00. The lowest BCUT2D eigenvalue weighted by Gasteiger charge is -2.08. The van der Waals surface area contributed by atoms with Crippen molar-refractivity contribution in [2.24, 2.45) is 5.84 Å². The molecule has 6 nitrogen and oxygen atoms in total. The molecule has 0 atom stereocenters. The molecule has 3 N–H and O–H groups in total. The third-order valence-corrected chi connectivity index (χ3v) is 2.20. The summed E-state index contributed by atoms with van der Waals surface area (Å²) in [5.41, 5.74) is 3.85. The molecular formula is C12H18N4O2. The lowest BCUT2D eigenvalue weighted by Crippen LogP contribution is -2.08. The number of benzene rings is 1. The molecule has 1 aromatic heterocycles. The number of nitrogens with two attached hydrogens (primary N) is 1. The second-order valence-corrected chi connectivity index (χ2v) is 3.10. The summed E-state index contributed by atoms with van der Waals surface area (Å²) in [7, 11) is 3.15. The molecule has 0 aliphatic rings. The van der Waals surface area contributed by atoms with Crippen LogP contribution in [0, 0.1) is 0 Å². The normalized spacial score (nSPS) is 9.39. The van der Waals surface area contributed by atoms with Gasteiger partial charge in [0.2, 0.25) is 0 Å². The van der Waals surface area contributed by atoms with Gasteiger partial charge in [-0.1, -0.05) is 13.8 Å². The van der Waals surface area contributed by atoms with E-state index in [2.05, 4.69) is 15.4 Å². The average molecular weight is 250 g/mol. The van der Waals surface area contributed by atoms with Crippen LogP contribution in [0.15, 0.2) is 18.3 Å². The molecule has 0 aliphatic carbocycles. The van der Waals surface area contributed by atoms with Gasteiger partial charge >= 0.3 is 0 Å². The van der Waals surface area contributed by atoms with Crippen molar-refractivity contribution in [3.05, 3.63) is 18.3 Å². The highest BCUT2D eigenvalue weighted by molar-refractivity contribution is 5.80. The van der Waals surface area contributed by atoms with E-state index in [-0.39, 0.29) is 0 Å². The van der Waals surface area contributed by atoms with Crippen LogP contribution in [0.5, 0.6) is 11.5 Å². The van der Waals surface area contributed by atoms with E-state index in [4.69, 9.17) is 15.3 Å². The van der Waals surface area contributed by atoms with Gasteiger partial charge in [-0.2, -0.15) is 0 Å². The molecule has 0 amide bonds. The van der Waals surface area contributed by atoms with Gasteiger partial charge in [0.15, 0.2) is 17.3 Å². The number of hydrogen-bond acceptors (Lipinski definition) is 6. The molecule has 0 aliphatic heterocycles. The largest absolute Gasteiger partial charge is 0.493 e. The third-order valence-electron chi connectivity index (χ3n) is 2.20. The van der Waals surface area contributed by atoms with Gasteiger partial charge in [0.05, 0.1) is 31.4 Å². The molecule has 0 bridgehead atoms. The predicted molar refractivity (Wildman–Crippen MR) is 71.8 cm³/mol. The number of nitrogens with one attached hydrogen (secondary N) is 1. The van der Waals surface area contributed by atoms with Crippen molar-refractivity contribution in [2.45, 2.75) is 13.8 Å². The van der Waals surface area contributed by atoms with Crippen LogP contribution in [0.3, 0.4) is 0 Å². The summed E-state index contributed by atoms with van der Waals surface area (Å²) in [5.74, 6) is 6.99. The number of rotatable bonds is 3. The zero-order chi connectivity index (χ0) is 13.5. The van der Waals surface area contributed by atoms with Crippen molar-refractivity contribution in [1.82, 2.24) is 9.97 Å². The van der Waals surface area contributed by atoms with Crippen molar-refractivity contribution in [1.29, 1.82) is 0 Å². The molecule has 2 aromatic rings. The van der Waals surface area contributed by atoms with E-state index in [9.17, 15) is 0 Å². The number of methoxy groups -OCH3 is 2. The van der Waals surface area contributed by atoms with E-state index < -0.39 is 0 Å². The fourth-order valence-corrected chi connectivity index (χ4v) is 1.41. The summed E-state index contributed by atoms with van der Waals surface area (Å²) in [4.78, 5) is 8.44. The van der Waals surface area contributed by atoms with Crippen molar-refractivity contribution < 1.29 is 9.47 Å². The molecule has 0 fully saturated rings. The summed E-state index contributed by atoms with van der Waals surface area (Å²) in [6.07, 6.45) is 1.55. The first-order chi connectivity index (χ1) is 8.78. The molecule has 2 rings (SSSR count). The number of hydrazine groups is 1. The maximum absolute atomic E-state index is 5.26. The molecule has 1 aromatic carbocycles. The first-order valence-electron chi connectivity index (χ1n) is 5.64. The zero-order valence-corrected chi connectivity index (χ0v) is 11.0. The van der Waals surface area contributed by atoms with Gasteiger partial charge < -0.3 is 14.9 Å². The maximum Gasteiger partial charge on any atom is 0.163 e. The van der Waals surface area contributed by atoms with Gasteiger partial charge in [-0.25, -0.2) is 10.8 Å². The van der Waals surface area contributed by atoms with Crippen molar-refractivity contribution in [3.8, 4) is 11.5 Å². The number of hydrogen-bond donors (Lipinski definition) is 2. The molecule has 0 spiro atoms. The van der Waals surface area contributed by atoms with E-state index >= 15 is 0 Å². The van der Waals surface area contributed by atoms with Gasteiger partial charge in [-0.05, 0) is 0 Å². The highest BCUT2D eigenvalue weighted by Gasteiger charge is 2.07. The summed E-state index contributed by atoms with van der Waals surface area (Å²) >= 11 is 0. The van der Waals surface area contributed by atoms with Crippen molar-refractivity contribution in [2.75, 3.05) is 19.6 Å². The molecule has 6 heteroatoms. The molecule has 1 heterocycles. The Hall–Kier alpha value is -2.08. The highest BCUT2D eigenvalue weighted by Crippen LogP contribution is 2.30. The summed E-state index contributed by atoms with van der Waals surface area (Å²) in [6, 6.07) is 3.52. The van der Waals surface area contributed by atoms with Gasteiger partial charge in [0.1, 0.15) is 0 Å². The van der Waals surface area contributed by atoms with Crippen LogP contribution in [0.2, 0.25) is 0 Å². The van der Waals surface area contributed by atoms with Gasteiger partial charge in [0.25, 0.3) is 0 Å². The minimum Gasteiger partial charge on any atom is -0.493 e. The Labute approximate surface area is 106 Å². The fourth-order valence-electron chi connectivity index (χ4n) is 1.41. The predicted octanol–water partition coefficient (Wildman–Crippen LogP) is 1.96. The van der Waals surface area contributed by atoms with E-state index in [1.54, 1.807) is 32.5 Å². The standard InChI is InChI=1S/C10H12N4O2.C2H6/c1-15-8-3-6-7(4-9(8)16-2)13-10(14-11)5-12-6;1-2/h3-5H,11H2,1-2H3,(H,13,14);1-2H3.